The fourth-order valence-corrected chi connectivity index (χ4v) is 4.52. The number of para-hydroxylation sites is 1. The normalized spacial score (nSPS) is 14.0. The maximum Gasteiger partial charge on any atom is 0.298 e. The quantitative estimate of drug-likeness (QED) is 0.543. The van der Waals surface area contributed by atoms with E-state index in [0.29, 0.717) is 22.1 Å². The molecule has 3 aromatic rings. The molecule has 3 heterocycles. The van der Waals surface area contributed by atoms with Crippen molar-refractivity contribution in [3.8, 4) is 5.69 Å². The molecule has 0 aliphatic carbocycles. The highest BCUT2D eigenvalue weighted by Gasteiger charge is 2.27. The van der Waals surface area contributed by atoms with Crippen LogP contribution in [0.4, 0.5) is 5.13 Å². The second-order valence-electron chi connectivity index (χ2n) is 6.95. The van der Waals surface area contributed by atoms with Crippen LogP contribution in [0, 0.1) is 13.8 Å². The molecule has 28 heavy (non-hydrogen) atoms. The van der Waals surface area contributed by atoms with Crippen molar-refractivity contribution < 1.29 is 9.59 Å². The zero-order chi connectivity index (χ0) is 19.8. The van der Waals surface area contributed by atoms with Crippen molar-refractivity contribution in [3.63, 3.8) is 0 Å². The number of hydrogen-bond acceptors (Lipinski definition) is 6. The van der Waals surface area contributed by atoms with E-state index in [2.05, 4.69) is 27.3 Å². The number of amides is 1. The highest BCUT2D eigenvalue weighted by atomic mass is 32.1. The number of likely N-dealkylation sites (N-methyl/N-ethyl adjacent to an activating group) is 1. The van der Waals surface area contributed by atoms with Crippen LogP contribution in [-0.2, 0) is 17.8 Å². The lowest BCUT2D eigenvalue weighted by Crippen LogP contribution is -2.25. The lowest BCUT2D eigenvalue weighted by atomic mass is 10.1. The maximum atomic E-state index is 12.8. The van der Waals surface area contributed by atoms with Crippen molar-refractivity contribution in [1.82, 2.24) is 19.7 Å². The molecule has 1 amide bonds. The van der Waals surface area contributed by atoms with E-state index in [1.807, 2.05) is 30.3 Å². The van der Waals surface area contributed by atoms with Gasteiger partial charge in [-0.05, 0) is 33.0 Å². The van der Waals surface area contributed by atoms with Crippen molar-refractivity contribution in [2.75, 3.05) is 18.9 Å². The van der Waals surface area contributed by atoms with Gasteiger partial charge in [0.1, 0.15) is 0 Å². The summed E-state index contributed by atoms with van der Waals surface area (Å²) in [6, 6.07) is 9.54. The Balaban J connectivity index is 1.57. The third kappa shape index (κ3) is 3.36. The molecule has 0 saturated carbocycles. The summed E-state index contributed by atoms with van der Waals surface area (Å²) < 4.78 is 1.69. The zero-order valence-electron chi connectivity index (χ0n) is 16.0. The Morgan fingerprint density at radius 3 is 2.68 bits per heavy atom. The predicted molar refractivity (Wildman–Crippen MR) is 108 cm³/mol. The Kier molecular flexibility index (Phi) is 4.82. The van der Waals surface area contributed by atoms with E-state index in [4.69, 9.17) is 0 Å². The van der Waals surface area contributed by atoms with E-state index in [9.17, 15) is 9.59 Å². The lowest BCUT2D eigenvalue weighted by molar-refractivity contribution is -0.112. The minimum absolute atomic E-state index is 0.336. The molecule has 0 atom stereocenters. The van der Waals surface area contributed by atoms with Gasteiger partial charge in [-0.2, -0.15) is 5.10 Å². The van der Waals surface area contributed by atoms with Crippen molar-refractivity contribution >= 4 is 28.2 Å². The number of carbonyl (C=O) groups excluding carboxylic acids is 2. The Bertz CT molecular complexity index is 1050. The number of aromatic nitrogens is 3. The largest absolute Gasteiger partial charge is 0.301 e. The summed E-state index contributed by atoms with van der Waals surface area (Å²) in [6.45, 7) is 5.30. The van der Waals surface area contributed by atoms with Crippen LogP contribution in [0.1, 0.15) is 32.3 Å². The highest BCUT2D eigenvalue weighted by Crippen LogP contribution is 2.28. The Labute approximate surface area is 167 Å². The van der Waals surface area contributed by atoms with Crippen LogP contribution in [0.15, 0.2) is 30.3 Å². The van der Waals surface area contributed by atoms with E-state index >= 15 is 0 Å². The Morgan fingerprint density at radius 2 is 1.93 bits per heavy atom. The number of Topliss-reactive ketones (excluding diaryl/α,β-unsaturated/α-hetero) is 1. The summed E-state index contributed by atoms with van der Waals surface area (Å²) >= 11 is 1.43. The van der Waals surface area contributed by atoms with Gasteiger partial charge in [-0.3, -0.25) is 14.9 Å². The molecule has 4 rings (SSSR count). The van der Waals surface area contributed by atoms with Gasteiger partial charge in [0.2, 0.25) is 0 Å². The molecule has 1 aliphatic heterocycles. The SMILES string of the molecule is Cc1nn(-c2ccccc2)c(C)c1C(=O)C(=O)Nc1nc2c(s1)CN(C)CC2. The van der Waals surface area contributed by atoms with Crippen LogP contribution in [0.5, 0.6) is 0 Å². The van der Waals surface area contributed by atoms with Gasteiger partial charge in [0.25, 0.3) is 11.7 Å². The number of rotatable bonds is 4. The van der Waals surface area contributed by atoms with Crippen LogP contribution in [0.25, 0.3) is 5.69 Å². The lowest BCUT2D eigenvalue weighted by Gasteiger charge is -2.20. The molecule has 1 N–H and O–H groups in total. The van der Waals surface area contributed by atoms with Crippen LogP contribution in [0.3, 0.4) is 0 Å². The molecule has 0 fully saturated rings. The number of carbonyl (C=O) groups is 2. The monoisotopic (exact) mass is 395 g/mol. The molecule has 7 nitrogen and oxygen atoms in total. The molecule has 8 heteroatoms. The summed E-state index contributed by atoms with van der Waals surface area (Å²) in [5.74, 6) is -1.28. The van der Waals surface area contributed by atoms with E-state index in [0.717, 1.165) is 35.8 Å². The van der Waals surface area contributed by atoms with Crippen LogP contribution >= 0.6 is 11.3 Å². The minimum atomic E-state index is -0.682. The third-order valence-electron chi connectivity index (χ3n) is 4.87. The third-order valence-corrected chi connectivity index (χ3v) is 5.87. The van der Waals surface area contributed by atoms with Crippen molar-refractivity contribution in [1.29, 1.82) is 0 Å². The second kappa shape index (κ2) is 7.29. The molecule has 0 spiro atoms. The summed E-state index contributed by atoms with van der Waals surface area (Å²) in [7, 11) is 2.06. The van der Waals surface area contributed by atoms with Gasteiger partial charge in [-0.1, -0.05) is 18.2 Å². The maximum absolute atomic E-state index is 12.8. The summed E-state index contributed by atoms with van der Waals surface area (Å²) in [6.07, 6.45) is 0.855. The average molecular weight is 395 g/mol. The summed E-state index contributed by atoms with van der Waals surface area (Å²) in [4.78, 5) is 33.3. The number of nitrogens with one attached hydrogen (secondary N) is 1. The Hall–Kier alpha value is -2.84. The summed E-state index contributed by atoms with van der Waals surface area (Å²) in [5, 5.41) is 7.60. The predicted octanol–water partition coefficient (Wildman–Crippen LogP) is 2.75. The summed E-state index contributed by atoms with van der Waals surface area (Å²) in [5.41, 5.74) is 3.36. The van der Waals surface area contributed by atoms with Crippen molar-refractivity contribution in [3.05, 3.63) is 57.9 Å². The van der Waals surface area contributed by atoms with Crippen LogP contribution in [0.2, 0.25) is 0 Å². The van der Waals surface area contributed by atoms with Crippen molar-refractivity contribution in [2.24, 2.45) is 0 Å². The molecule has 1 aliphatic rings. The number of ketones is 1. The Morgan fingerprint density at radius 1 is 1.18 bits per heavy atom. The second-order valence-corrected chi connectivity index (χ2v) is 8.04. The van der Waals surface area contributed by atoms with E-state index in [-0.39, 0.29) is 0 Å². The van der Waals surface area contributed by atoms with Gasteiger partial charge >= 0.3 is 0 Å². The van der Waals surface area contributed by atoms with Crippen LogP contribution in [-0.4, -0.2) is 44.9 Å². The fourth-order valence-electron chi connectivity index (χ4n) is 3.44. The van der Waals surface area contributed by atoms with Gasteiger partial charge in [0.15, 0.2) is 5.13 Å². The molecule has 0 saturated heterocycles. The number of hydrogen-bond donors (Lipinski definition) is 1. The number of fused-ring (bicyclic) bond motifs is 1. The standard InChI is InChI=1S/C20H21N5O2S/c1-12-17(13(2)25(23-12)14-7-5-4-6-8-14)18(26)19(27)22-20-21-15-9-10-24(3)11-16(15)28-20/h4-8H,9-11H2,1-3H3,(H,21,22,27). The minimum Gasteiger partial charge on any atom is -0.301 e. The number of aryl methyl sites for hydroxylation is 1. The van der Waals surface area contributed by atoms with Gasteiger partial charge in [0, 0.05) is 24.4 Å². The highest BCUT2D eigenvalue weighted by molar-refractivity contribution is 7.16. The van der Waals surface area contributed by atoms with Crippen LogP contribution < -0.4 is 5.32 Å². The smallest absolute Gasteiger partial charge is 0.298 e. The topological polar surface area (TPSA) is 80.1 Å². The number of benzene rings is 1. The van der Waals surface area contributed by atoms with Gasteiger partial charge < -0.3 is 4.90 Å². The molecule has 2 aromatic heterocycles. The first-order chi connectivity index (χ1) is 13.4. The molecule has 0 bridgehead atoms. The molecular weight excluding hydrogens is 374 g/mol. The fraction of sp³-hybridized carbons (Fsp3) is 0.300. The average Bonchev–Trinajstić information content (AvgIpc) is 3.21. The van der Waals surface area contributed by atoms with Gasteiger partial charge in [-0.25, -0.2) is 9.67 Å². The van der Waals surface area contributed by atoms with E-state index in [1.54, 1.807) is 18.5 Å². The molecule has 0 radical (unpaired) electrons. The zero-order valence-corrected chi connectivity index (χ0v) is 16.8. The molecule has 144 valence electrons. The molecule has 0 unspecified atom stereocenters. The first-order valence-electron chi connectivity index (χ1n) is 9.08. The first-order valence-corrected chi connectivity index (χ1v) is 9.90. The number of nitrogens with zero attached hydrogens (tertiary/aromatic N) is 4. The van der Waals surface area contributed by atoms with Gasteiger partial charge in [-0.15, -0.1) is 11.3 Å². The first kappa shape index (κ1) is 18.5. The van der Waals surface area contributed by atoms with E-state index < -0.39 is 11.7 Å². The van der Waals surface area contributed by atoms with E-state index in [1.165, 1.54) is 11.3 Å². The number of thiazole rings is 1. The molecule has 1 aromatic carbocycles. The van der Waals surface area contributed by atoms with Gasteiger partial charge in [0.05, 0.1) is 28.3 Å². The molecular formula is C20H21N5O2S. The number of anilines is 1. The van der Waals surface area contributed by atoms with Crippen molar-refractivity contribution in [2.45, 2.75) is 26.8 Å².